The molecule has 0 rings (SSSR count). The van der Waals surface area contributed by atoms with Crippen molar-refractivity contribution >= 4 is 0 Å². The highest BCUT2D eigenvalue weighted by molar-refractivity contribution is 4.42. The maximum Gasteiger partial charge on any atom is 0.0363 e. The molecule has 0 atom stereocenters. The number of rotatable bonds is 4. The van der Waals surface area contributed by atoms with Crippen molar-refractivity contribution < 1.29 is 5.21 Å². The second-order valence-electron chi connectivity index (χ2n) is 1.65. The Balaban J connectivity index is 2.86. The van der Waals surface area contributed by atoms with E-state index in [1.165, 1.54) is 5.06 Å². The Morgan fingerprint density at radius 1 is 1.62 bits per heavy atom. The van der Waals surface area contributed by atoms with Crippen molar-refractivity contribution in [2.45, 2.75) is 6.92 Å². The molecule has 0 aromatic rings. The van der Waals surface area contributed by atoms with Gasteiger partial charge in [-0.3, -0.25) is 0 Å². The molecule has 0 radical (unpaired) electrons. The van der Waals surface area contributed by atoms with Crippen molar-refractivity contribution in [3.63, 3.8) is 0 Å². The summed E-state index contributed by atoms with van der Waals surface area (Å²) >= 11 is 0. The van der Waals surface area contributed by atoms with E-state index in [-0.39, 0.29) is 0 Å². The number of nitrogens with one attached hydrogen (secondary N) is 1. The molecule has 2 N–H and O–H groups in total. The molecule has 8 heavy (non-hydrogen) atoms. The molecule has 0 aromatic carbocycles. The minimum Gasteiger partial charge on any atom is -0.318 e. The zero-order chi connectivity index (χ0) is 6.41. The highest BCUT2D eigenvalue weighted by atomic mass is 16.5. The standard InChI is InChI=1S/C5H14N2O/c1-3-7(8)5-4-6-2/h6,8H,3-5H2,1-2H3. The lowest BCUT2D eigenvalue weighted by atomic mass is 10.6. The average molecular weight is 118 g/mol. The summed E-state index contributed by atoms with van der Waals surface area (Å²) in [6, 6.07) is 0. The summed E-state index contributed by atoms with van der Waals surface area (Å²) in [6.07, 6.45) is 0. The fraction of sp³-hybridized carbons (Fsp3) is 1.00. The van der Waals surface area contributed by atoms with Crippen LogP contribution in [-0.4, -0.2) is 37.0 Å². The van der Waals surface area contributed by atoms with Gasteiger partial charge in [-0.15, -0.1) is 0 Å². The molecule has 0 aliphatic carbocycles. The van der Waals surface area contributed by atoms with Crippen LogP contribution in [0.3, 0.4) is 0 Å². The minimum absolute atomic E-state index is 0.696. The van der Waals surface area contributed by atoms with Crippen molar-refractivity contribution in [1.29, 1.82) is 0 Å². The van der Waals surface area contributed by atoms with Crippen LogP contribution < -0.4 is 5.32 Å². The summed E-state index contributed by atoms with van der Waals surface area (Å²) in [4.78, 5) is 0. The number of nitrogens with zero attached hydrogens (tertiary/aromatic N) is 1. The molecular weight excluding hydrogens is 104 g/mol. The van der Waals surface area contributed by atoms with Crippen molar-refractivity contribution in [3.05, 3.63) is 0 Å². The predicted molar refractivity (Wildman–Crippen MR) is 33.0 cm³/mol. The molecule has 0 heterocycles. The van der Waals surface area contributed by atoms with Gasteiger partial charge >= 0.3 is 0 Å². The van der Waals surface area contributed by atoms with Gasteiger partial charge in [0.2, 0.25) is 0 Å². The quantitative estimate of drug-likeness (QED) is 0.507. The summed E-state index contributed by atoms with van der Waals surface area (Å²) in [6.45, 7) is 4.15. The maximum atomic E-state index is 8.78. The summed E-state index contributed by atoms with van der Waals surface area (Å²) < 4.78 is 0. The van der Waals surface area contributed by atoms with Gasteiger partial charge in [0, 0.05) is 19.6 Å². The number of likely N-dealkylation sites (N-methyl/N-ethyl adjacent to an activating group) is 2. The molecule has 0 aromatic heterocycles. The van der Waals surface area contributed by atoms with Gasteiger partial charge in [0.05, 0.1) is 0 Å². The van der Waals surface area contributed by atoms with Gasteiger partial charge in [-0.2, -0.15) is 5.06 Å². The van der Waals surface area contributed by atoms with Crippen LogP contribution in [0.2, 0.25) is 0 Å². The van der Waals surface area contributed by atoms with Gasteiger partial charge in [-0.25, -0.2) is 0 Å². The monoisotopic (exact) mass is 118 g/mol. The Morgan fingerprint density at radius 3 is 2.62 bits per heavy atom. The van der Waals surface area contributed by atoms with Crippen LogP contribution in [0.5, 0.6) is 0 Å². The van der Waals surface area contributed by atoms with Gasteiger partial charge < -0.3 is 10.5 Å². The molecule has 0 spiro atoms. The highest BCUT2D eigenvalue weighted by Gasteiger charge is 1.91. The molecule has 0 amide bonds. The molecule has 0 fully saturated rings. The summed E-state index contributed by atoms with van der Waals surface area (Å²) in [7, 11) is 1.86. The summed E-state index contributed by atoms with van der Waals surface area (Å²) in [5.74, 6) is 0. The average Bonchev–Trinajstić information content (AvgIpc) is 1.83. The van der Waals surface area contributed by atoms with E-state index in [4.69, 9.17) is 5.21 Å². The molecule has 0 unspecified atom stereocenters. The van der Waals surface area contributed by atoms with Crippen molar-refractivity contribution in [1.82, 2.24) is 10.4 Å². The lowest BCUT2D eigenvalue weighted by Gasteiger charge is -2.09. The molecule has 0 saturated heterocycles. The third-order valence-corrected chi connectivity index (χ3v) is 0.985. The molecular formula is C5H14N2O. The molecule has 0 saturated carbocycles. The van der Waals surface area contributed by atoms with Crippen LogP contribution in [0.15, 0.2) is 0 Å². The minimum atomic E-state index is 0.696. The van der Waals surface area contributed by atoms with E-state index in [0.717, 1.165) is 6.54 Å². The highest BCUT2D eigenvalue weighted by Crippen LogP contribution is 1.74. The first kappa shape index (κ1) is 7.88. The fourth-order valence-electron chi connectivity index (χ4n) is 0.399. The van der Waals surface area contributed by atoms with Crippen LogP contribution in [0.1, 0.15) is 6.92 Å². The third kappa shape index (κ3) is 4.05. The Kier molecular flexibility index (Phi) is 4.95. The second-order valence-corrected chi connectivity index (χ2v) is 1.65. The lowest BCUT2D eigenvalue weighted by molar-refractivity contribution is -0.0842. The van der Waals surface area contributed by atoms with E-state index in [1.54, 1.807) is 0 Å². The Labute approximate surface area is 50.3 Å². The largest absolute Gasteiger partial charge is 0.318 e. The first-order valence-electron chi connectivity index (χ1n) is 2.89. The second kappa shape index (κ2) is 5.03. The predicted octanol–water partition coefficient (Wildman–Crippen LogP) is -0.0831. The van der Waals surface area contributed by atoms with Crippen LogP contribution in [0, 0.1) is 0 Å². The summed E-state index contributed by atoms with van der Waals surface area (Å²) in [5, 5.41) is 13.0. The van der Waals surface area contributed by atoms with E-state index in [0.29, 0.717) is 13.1 Å². The third-order valence-electron chi connectivity index (χ3n) is 0.985. The van der Waals surface area contributed by atoms with Crippen LogP contribution in [0.25, 0.3) is 0 Å². The SMILES string of the molecule is CCN(O)CCNC. The molecule has 3 nitrogen and oxygen atoms in total. The van der Waals surface area contributed by atoms with Crippen molar-refractivity contribution in [2.24, 2.45) is 0 Å². The van der Waals surface area contributed by atoms with Gasteiger partial charge in [0.1, 0.15) is 0 Å². The Bertz CT molecular complexity index is 49.7. The topological polar surface area (TPSA) is 35.5 Å². The number of hydroxylamine groups is 2. The molecule has 3 heteroatoms. The van der Waals surface area contributed by atoms with Gasteiger partial charge in [-0.1, -0.05) is 6.92 Å². The molecule has 0 aliphatic heterocycles. The van der Waals surface area contributed by atoms with Crippen LogP contribution >= 0.6 is 0 Å². The normalized spacial score (nSPS) is 10.5. The first-order chi connectivity index (χ1) is 3.81. The van der Waals surface area contributed by atoms with Gasteiger partial charge in [0.25, 0.3) is 0 Å². The Morgan fingerprint density at radius 2 is 2.25 bits per heavy atom. The van der Waals surface area contributed by atoms with Crippen LogP contribution in [0.4, 0.5) is 0 Å². The maximum absolute atomic E-state index is 8.78. The number of hydrogen-bond acceptors (Lipinski definition) is 3. The Hall–Kier alpha value is -0.120. The van der Waals surface area contributed by atoms with E-state index < -0.39 is 0 Å². The van der Waals surface area contributed by atoms with Crippen molar-refractivity contribution in [3.8, 4) is 0 Å². The van der Waals surface area contributed by atoms with Gasteiger partial charge in [0.15, 0.2) is 0 Å². The summed E-state index contributed by atoms with van der Waals surface area (Å²) in [5.41, 5.74) is 0. The van der Waals surface area contributed by atoms with E-state index in [2.05, 4.69) is 5.32 Å². The lowest BCUT2D eigenvalue weighted by Crippen LogP contribution is -2.27. The van der Waals surface area contributed by atoms with Crippen LogP contribution in [-0.2, 0) is 0 Å². The van der Waals surface area contributed by atoms with E-state index in [1.807, 2.05) is 14.0 Å². The number of hydrogen-bond donors (Lipinski definition) is 2. The zero-order valence-electron chi connectivity index (χ0n) is 5.52. The van der Waals surface area contributed by atoms with E-state index in [9.17, 15) is 0 Å². The molecule has 50 valence electrons. The van der Waals surface area contributed by atoms with Gasteiger partial charge in [-0.05, 0) is 7.05 Å². The zero-order valence-corrected chi connectivity index (χ0v) is 5.52. The molecule has 0 bridgehead atoms. The first-order valence-corrected chi connectivity index (χ1v) is 2.89. The molecule has 0 aliphatic rings. The van der Waals surface area contributed by atoms with Crippen molar-refractivity contribution in [2.75, 3.05) is 26.7 Å². The smallest absolute Gasteiger partial charge is 0.0363 e. The van der Waals surface area contributed by atoms with E-state index >= 15 is 0 Å². The fourth-order valence-corrected chi connectivity index (χ4v) is 0.399.